The molecule has 0 bridgehead atoms. The summed E-state index contributed by atoms with van der Waals surface area (Å²) in [5.74, 6) is 2.53. The largest absolute Gasteiger partial charge is 0.238 e. The fraction of sp³-hybridized carbons (Fsp3) is 0.100. The van der Waals surface area contributed by atoms with Crippen molar-refractivity contribution in [2.45, 2.75) is 6.92 Å². The Hall–Kier alpha value is -1.73. The predicted octanol–water partition coefficient (Wildman–Crippen LogP) is 2.53. The van der Waals surface area contributed by atoms with Gasteiger partial charge < -0.3 is 0 Å². The molecule has 0 fully saturated rings. The lowest BCUT2D eigenvalue weighted by atomic mass is 10.1. The average Bonchev–Trinajstić information content (AvgIpc) is 2.05. The van der Waals surface area contributed by atoms with E-state index >= 15 is 0 Å². The van der Waals surface area contributed by atoms with Crippen molar-refractivity contribution in [2.75, 3.05) is 0 Å². The standard InChI is InChI=1S/C10H7N/c1-4-9-7-10(11-3)6-5-8(9)2/h1,5-7H,2H3. The normalized spacial score (nSPS) is 8.27. The molecule has 11 heavy (non-hydrogen) atoms. The number of hydrogen-bond donors (Lipinski definition) is 0. The van der Waals surface area contributed by atoms with Crippen LogP contribution < -0.4 is 0 Å². The highest BCUT2D eigenvalue weighted by atomic mass is 14.6. The van der Waals surface area contributed by atoms with Gasteiger partial charge in [0.15, 0.2) is 5.69 Å². The molecule has 0 radical (unpaired) electrons. The smallest absolute Gasteiger partial charge is 0.188 e. The van der Waals surface area contributed by atoms with Crippen molar-refractivity contribution in [2.24, 2.45) is 0 Å². The van der Waals surface area contributed by atoms with Gasteiger partial charge in [0.2, 0.25) is 0 Å². The number of nitrogens with zero attached hydrogens (tertiary/aromatic N) is 1. The molecule has 0 saturated carbocycles. The van der Waals surface area contributed by atoms with E-state index in [1.54, 1.807) is 12.1 Å². The molecule has 0 unspecified atom stereocenters. The van der Waals surface area contributed by atoms with E-state index in [-0.39, 0.29) is 0 Å². The zero-order chi connectivity index (χ0) is 8.27. The zero-order valence-corrected chi connectivity index (χ0v) is 6.26. The van der Waals surface area contributed by atoms with E-state index in [1.807, 2.05) is 13.0 Å². The van der Waals surface area contributed by atoms with Crippen LogP contribution in [-0.4, -0.2) is 0 Å². The minimum absolute atomic E-state index is 0.601. The molecule has 0 aliphatic heterocycles. The molecule has 0 atom stereocenters. The highest BCUT2D eigenvalue weighted by Crippen LogP contribution is 2.16. The third kappa shape index (κ3) is 1.39. The van der Waals surface area contributed by atoms with E-state index in [2.05, 4.69) is 10.8 Å². The lowest BCUT2D eigenvalue weighted by Gasteiger charge is -1.96. The van der Waals surface area contributed by atoms with Gasteiger partial charge in [0.25, 0.3) is 0 Å². The minimum Gasteiger partial charge on any atom is -0.238 e. The fourth-order valence-electron chi connectivity index (χ4n) is 0.835. The summed E-state index contributed by atoms with van der Waals surface area (Å²) >= 11 is 0. The molecule has 1 heteroatoms. The summed E-state index contributed by atoms with van der Waals surface area (Å²) in [4.78, 5) is 3.27. The van der Waals surface area contributed by atoms with E-state index < -0.39 is 0 Å². The molecular weight excluding hydrogens is 134 g/mol. The van der Waals surface area contributed by atoms with E-state index in [4.69, 9.17) is 13.0 Å². The third-order valence-electron chi connectivity index (χ3n) is 1.51. The maximum atomic E-state index is 6.74. The third-order valence-corrected chi connectivity index (χ3v) is 1.51. The fourth-order valence-corrected chi connectivity index (χ4v) is 0.835. The summed E-state index contributed by atoms with van der Waals surface area (Å²) in [5, 5.41) is 0. The number of benzene rings is 1. The van der Waals surface area contributed by atoms with Crippen molar-refractivity contribution in [3.8, 4) is 12.3 Å². The Morgan fingerprint density at radius 1 is 1.55 bits per heavy atom. The molecule has 1 aromatic carbocycles. The molecule has 0 aromatic heterocycles. The Labute approximate surface area is 66.5 Å². The van der Waals surface area contributed by atoms with Gasteiger partial charge in [-0.3, -0.25) is 0 Å². The van der Waals surface area contributed by atoms with Gasteiger partial charge in [0.1, 0.15) is 0 Å². The van der Waals surface area contributed by atoms with Crippen LogP contribution in [0.2, 0.25) is 0 Å². The lowest BCUT2D eigenvalue weighted by molar-refractivity contribution is 1.44. The Bertz CT molecular complexity index is 350. The van der Waals surface area contributed by atoms with Crippen molar-refractivity contribution in [3.63, 3.8) is 0 Å². The van der Waals surface area contributed by atoms with Crippen LogP contribution in [0.15, 0.2) is 18.2 Å². The van der Waals surface area contributed by atoms with Gasteiger partial charge in [-0.2, -0.15) is 0 Å². The molecule has 1 nitrogen and oxygen atoms in total. The predicted molar refractivity (Wildman–Crippen MR) is 45.4 cm³/mol. The van der Waals surface area contributed by atoms with Crippen molar-refractivity contribution in [1.82, 2.24) is 0 Å². The monoisotopic (exact) mass is 141 g/mol. The summed E-state index contributed by atoms with van der Waals surface area (Å²) in [7, 11) is 0. The Kier molecular flexibility index (Phi) is 1.95. The SMILES string of the molecule is [C-]#[N+]c1ccc(C)c(C#C)c1. The molecule has 0 amide bonds. The highest BCUT2D eigenvalue weighted by Gasteiger charge is 1.95. The first-order chi connectivity index (χ1) is 5.27. The van der Waals surface area contributed by atoms with Gasteiger partial charge in [-0.05, 0) is 18.6 Å². The van der Waals surface area contributed by atoms with Gasteiger partial charge in [-0.1, -0.05) is 18.1 Å². The van der Waals surface area contributed by atoms with Gasteiger partial charge in [-0.25, -0.2) is 4.85 Å². The molecule has 0 aliphatic rings. The Morgan fingerprint density at radius 3 is 2.82 bits per heavy atom. The van der Waals surface area contributed by atoms with Crippen LogP contribution in [0.25, 0.3) is 4.85 Å². The van der Waals surface area contributed by atoms with E-state index in [9.17, 15) is 0 Å². The second kappa shape index (κ2) is 2.90. The van der Waals surface area contributed by atoms with Crippen LogP contribution in [0.1, 0.15) is 11.1 Å². The van der Waals surface area contributed by atoms with E-state index in [1.165, 1.54) is 0 Å². The summed E-state index contributed by atoms with van der Waals surface area (Å²) in [6, 6.07) is 5.36. The number of aryl methyl sites for hydroxylation is 1. The van der Waals surface area contributed by atoms with E-state index in [0.29, 0.717) is 5.69 Å². The summed E-state index contributed by atoms with van der Waals surface area (Å²) in [5.41, 5.74) is 2.45. The molecule has 0 saturated heterocycles. The second-order valence-electron chi connectivity index (χ2n) is 2.26. The number of terminal acetylenes is 1. The van der Waals surface area contributed by atoms with Crippen LogP contribution in [0.3, 0.4) is 0 Å². The van der Waals surface area contributed by atoms with Crippen molar-refractivity contribution < 1.29 is 0 Å². The second-order valence-corrected chi connectivity index (χ2v) is 2.26. The van der Waals surface area contributed by atoms with Gasteiger partial charge in [0, 0.05) is 5.56 Å². The Balaban J connectivity index is 3.29. The van der Waals surface area contributed by atoms with Crippen LogP contribution in [0, 0.1) is 25.8 Å². The molecule has 0 N–H and O–H groups in total. The molecule has 1 rings (SSSR count). The number of hydrogen-bond acceptors (Lipinski definition) is 0. The topological polar surface area (TPSA) is 4.36 Å². The minimum atomic E-state index is 0.601. The summed E-state index contributed by atoms with van der Waals surface area (Å²) in [6.45, 7) is 8.68. The Morgan fingerprint density at radius 2 is 2.27 bits per heavy atom. The van der Waals surface area contributed by atoms with Crippen LogP contribution in [0.5, 0.6) is 0 Å². The maximum Gasteiger partial charge on any atom is 0.188 e. The van der Waals surface area contributed by atoms with Crippen LogP contribution in [-0.2, 0) is 0 Å². The number of rotatable bonds is 0. The lowest BCUT2D eigenvalue weighted by Crippen LogP contribution is -1.78. The highest BCUT2D eigenvalue weighted by molar-refractivity contribution is 5.53. The molecule has 0 heterocycles. The quantitative estimate of drug-likeness (QED) is 0.386. The van der Waals surface area contributed by atoms with E-state index in [0.717, 1.165) is 11.1 Å². The molecule has 0 aliphatic carbocycles. The van der Waals surface area contributed by atoms with Crippen molar-refractivity contribution in [1.29, 1.82) is 0 Å². The van der Waals surface area contributed by atoms with Crippen molar-refractivity contribution in [3.05, 3.63) is 40.7 Å². The first-order valence-corrected chi connectivity index (χ1v) is 3.22. The zero-order valence-electron chi connectivity index (χ0n) is 6.26. The molecule has 0 spiro atoms. The summed E-state index contributed by atoms with van der Waals surface area (Å²) < 4.78 is 0. The molecule has 1 aromatic rings. The van der Waals surface area contributed by atoms with Gasteiger partial charge >= 0.3 is 0 Å². The first-order valence-electron chi connectivity index (χ1n) is 3.22. The maximum absolute atomic E-state index is 6.74. The summed E-state index contributed by atoms with van der Waals surface area (Å²) in [6.07, 6.45) is 5.22. The van der Waals surface area contributed by atoms with Gasteiger partial charge in [0.05, 0.1) is 6.57 Å². The average molecular weight is 141 g/mol. The van der Waals surface area contributed by atoms with Crippen molar-refractivity contribution >= 4 is 5.69 Å². The molecular formula is C10H7N. The van der Waals surface area contributed by atoms with Gasteiger partial charge in [-0.15, -0.1) is 6.42 Å². The molecule has 52 valence electrons. The van der Waals surface area contributed by atoms with Crippen LogP contribution >= 0.6 is 0 Å². The van der Waals surface area contributed by atoms with Crippen LogP contribution in [0.4, 0.5) is 5.69 Å². The first kappa shape index (κ1) is 7.38.